The van der Waals surface area contributed by atoms with Crippen LogP contribution in [-0.2, 0) is 9.53 Å². The van der Waals surface area contributed by atoms with Gasteiger partial charge in [-0.05, 0) is 17.7 Å². The van der Waals surface area contributed by atoms with Crippen LogP contribution in [0.2, 0.25) is 0 Å². The van der Waals surface area contributed by atoms with Gasteiger partial charge in [0, 0.05) is 0 Å². The van der Waals surface area contributed by atoms with Gasteiger partial charge in [-0.3, -0.25) is 0 Å². The Hall–Kier alpha value is -1.63. The summed E-state index contributed by atoms with van der Waals surface area (Å²) in [5.41, 5.74) is -0.347. The van der Waals surface area contributed by atoms with Gasteiger partial charge in [-0.25, -0.2) is 9.18 Å². The van der Waals surface area contributed by atoms with E-state index < -0.39 is 30.7 Å². The molecule has 1 N–H and O–H groups in total. The van der Waals surface area contributed by atoms with Crippen molar-refractivity contribution in [1.82, 2.24) is 0 Å². The second-order valence-electron chi connectivity index (χ2n) is 3.18. The summed E-state index contributed by atoms with van der Waals surface area (Å²) in [6, 6.07) is 3.49. The lowest BCUT2D eigenvalue weighted by molar-refractivity contribution is -0.225. The minimum absolute atomic E-state index is 0.347. The molecule has 1 atom stereocenters. The van der Waals surface area contributed by atoms with Gasteiger partial charge < -0.3 is 9.84 Å². The number of hydrogen-bond acceptors (Lipinski definition) is 2. The van der Waals surface area contributed by atoms with Crippen molar-refractivity contribution in [2.24, 2.45) is 0 Å². The van der Waals surface area contributed by atoms with Crippen LogP contribution in [0, 0.1) is 5.82 Å². The van der Waals surface area contributed by atoms with Gasteiger partial charge in [0.05, 0.1) is 0 Å². The molecular weight excluding hydrogens is 244 g/mol. The van der Waals surface area contributed by atoms with Crippen LogP contribution in [0.5, 0.6) is 0 Å². The van der Waals surface area contributed by atoms with Crippen LogP contribution in [-0.4, -0.2) is 23.9 Å². The zero-order valence-corrected chi connectivity index (χ0v) is 8.37. The van der Waals surface area contributed by atoms with Gasteiger partial charge in [0.15, 0.2) is 6.10 Å². The predicted molar refractivity (Wildman–Crippen MR) is 48.8 cm³/mol. The van der Waals surface area contributed by atoms with Crippen LogP contribution in [0.3, 0.4) is 0 Å². The molecular formula is C10H8F4O3. The number of rotatable bonds is 4. The van der Waals surface area contributed by atoms with E-state index in [2.05, 4.69) is 4.74 Å². The monoisotopic (exact) mass is 252 g/mol. The molecule has 3 nitrogen and oxygen atoms in total. The van der Waals surface area contributed by atoms with E-state index in [0.717, 1.165) is 24.3 Å². The van der Waals surface area contributed by atoms with Crippen LogP contribution in [0.1, 0.15) is 11.7 Å². The lowest BCUT2D eigenvalue weighted by Gasteiger charge is -2.20. The molecule has 0 spiro atoms. The normalized spacial score (nSPS) is 13.4. The van der Waals surface area contributed by atoms with E-state index in [1.54, 1.807) is 0 Å². The van der Waals surface area contributed by atoms with Gasteiger partial charge in [0.1, 0.15) is 12.4 Å². The first kappa shape index (κ1) is 13.4. The van der Waals surface area contributed by atoms with Crippen LogP contribution in [0.15, 0.2) is 24.3 Å². The highest BCUT2D eigenvalue weighted by Crippen LogP contribution is 2.35. The molecule has 0 amide bonds. The molecule has 0 aromatic heterocycles. The van der Waals surface area contributed by atoms with Crippen LogP contribution < -0.4 is 0 Å². The number of aliphatic carboxylic acids is 1. The minimum atomic E-state index is -4.76. The molecule has 1 unspecified atom stereocenters. The van der Waals surface area contributed by atoms with E-state index in [0.29, 0.717) is 0 Å². The highest BCUT2D eigenvalue weighted by Gasteiger charge is 2.42. The molecule has 0 heterocycles. The molecule has 94 valence electrons. The molecule has 0 saturated heterocycles. The third-order valence-electron chi connectivity index (χ3n) is 1.84. The summed E-state index contributed by atoms with van der Waals surface area (Å²) in [7, 11) is 0. The number of carboxylic acids is 1. The Balaban J connectivity index is 2.90. The first-order chi connectivity index (χ1) is 7.80. The number of carbonyl (C=O) groups is 1. The summed E-state index contributed by atoms with van der Waals surface area (Å²) in [6.07, 6.45) is -7.13. The molecule has 0 aliphatic rings. The Bertz CT molecular complexity index is 386. The highest BCUT2D eigenvalue weighted by molar-refractivity contribution is 5.68. The summed E-state index contributed by atoms with van der Waals surface area (Å²) >= 11 is 0. The fourth-order valence-corrected chi connectivity index (χ4v) is 1.17. The maximum atomic E-state index is 12.5. The summed E-state index contributed by atoms with van der Waals surface area (Å²) in [5.74, 6) is -2.20. The second kappa shape index (κ2) is 5.13. The Morgan fingerprint density at radius 2 is 1.82 bits per heavy atom. The number of carboxylic acid groups (broad SMARTS) is 1. The summed E-state index contributed by atoms with van der Waals surface area (Å²) < 4.78 is 54.4. The molecule has 7 heteroatoms. The van der Waals surface area contributed by atoms with Gasteiger partial charge >= 0.3 is 12.1 Å². The van der Waals surface area contributed by atoms with Crippen LogP contribution in [0.25, 0.3) is 0 Å². The van der Waals surface area contributed by atoms with Crippen molar-refractivity contribution in [1.29, 1.82) is 0 Å². The molecule has 0 saturated carbocycles. The number of alkyl halides is 3. The molecule has 0 aliphatic carbocycles. The Morgan fingerprint density at radius 1 is 1.29 bits per heavy atom. The van der Waals surface area contributed by atoms with Gasteiger partial charge in [0.2, 0.25) is 0 Å². The first-order valence-corrected chi connectivity index (χ1v) is 4.46. The highest BCUT2D eigenvalue weighted by atomic mass is 19.4. The third-order valence-corrected chi connectivity index (χ3v) is 1.84. The van der Waals surface area contributed by atoms with Gasteiger partial charge in [-0.1, -0.05) is 12.1 Å². The Morgan fingerprint density at radius 3 is 2.24 bits per heavy atom. The Kier molecular flexibility index (Phi) is 4.06. The third kappa shape index (κ3) is 4.03. The standard InChI is InChI=1S/C10H8F4O3/c11-7-3-1-6(2-4-7)9(10(12,13)14)17-5-8(15)16/h1-4,9H,5H2,(H,15,16). The Labute approximate surface area is 93.6 Å². The number of hydrogen-bond donors (Lipinski definition) is 1. The molecule has 0 fully saturated rings. The number of benzene rings is 1. The summed E-state index contributed by atoms with van der Waals surface area (Å²) in [4.78, 5) is 10.2. The maximum Gasteiger partial charge on any atom is 0.418 e. The summed E-state index contributed by atoms with van der Waals surface area (Å²) in [5, 5.41) is 8.27. The largest absolute Gasteiger partial charge is 0.480 e. The van der Waals surface area contributed by atoms with Crippen molar-refractivity contribution < 1.29 is 32.2 Å². The zero-order chi connectivity index (χ0) is 13.1. The van der Waals surface area contributed by atoms with Crippen molar-refractivity contribution in [2.45, 2.75) is 12.3 Å². The van der Waals surface area contributed by atoms with Gasteiger partial charge in [0.25, 0.3) is 0 Å². The average molecular weight is 252 g/mol. The fraction of sp³-hybridized carbons (Fsp3) is 0.300. The van der Waals surface area contributed by atoms with Gasteiger partial charge in [-0.2, -0.15) is 13.2 Å². The minimum Gasteiger partial charge on any atom is -0.480 e. The van der Waals surface area contributed by atoms with Crippen LogP contribution >= 0.6 is 0 Å². The fourth-order valence-electron chi connectivity index (χ4n) is 1.17. The van der Waals surface area contributed by atoms with E-state index >= 15 is 0 Å². The molecule has 0 bridgehead atoms. The molecule has 0 aliphatic heterocycles. The topological polar surface area (TPSA) is 46.5 Å². The maximum absolute atomic E-state index is 12.5. The molecule has 17 heavy (non-hydrogen) atoms. The van der Waals surface area contributed by atoms with E-state index in [9.17, 15) is 22.4 Å². The SMILES string of the molecule is O=C(O)COC(c1ccc(F)cc1)C(F)(F)F. The lowest BCUT2D eigenvalue weighted by Crippen LogP contribution is -2.25. The van der Waals surface area contributed by atoms with Gasteiger partial charge in [-0.15, -0.1) is 0 Å². The smallest absolute Gasteiger partial charge is 0.418 e. The first-order valence-electron chi connectivity index (χ1n) is 4.46. The molecule has 1 aromatic rings. The average Bonchev–Trinajstić information content (AvgIpc) is 2.18. The summed E-state index contributed by atoms with van der Waals surface area (Å²) in [6.45, 7) is -1.08. The van der Waals surface area contributed by atoms with E-state index in [1.807, 2.05) is 0 Å². The number of halogens is 4. The van der Waals surface area contributed by atoms with Crippen molar-refractivity contribution >= 4 is 5.97 Å². The van der Waals surface area contributed by atoms with Crippen molar-refractivity contribution in [3.8, 4) is 0 Å². The predicted octanol–water partition coefficient (Wildman–Crippen LogP) is 2.53. The number of ether oxygens (including phenoxy) is 1. The second-order valence-corrected chi connectivity index (χ2v) is 3.18. The zero-order valence-electron chi connectivity index (χ0n) is 8.37. The quantitative estimate of drug-likeness (QED) is 0.837. The molecule has 0 radical (unpaired) electrons. The van der Waals surface area contributed by atoms with E-state index in [4.69, 9.17) is 5.11 Å². The van der Waals surface area contributed by atoms with E-state index in [-0.39, 0.29) is 5.56 Å². The van der Waals surface area contributed by atoms with Crippen molar-refractivity contribution in [2.75, 3.05) is 6.61 Å². The van der Waals surface area contributed by atoms with E-state index in [1.165, 1.54) is 0 Å². The van der Waals surface area contributed by atoms with Crippen molar-refractivity contribution in [3.05, 3.63) is 35.6 Å². The molecule has 1 rings (SSSR count). The van der Waals surface area contributed by atoms with Crippen molar-refractivity contribution in [3.63, 3.8) is 0 Å². The lowest BCUT2D eigenvalue weighted by atomic mass is 10.1. The van der Waals surface area contributed by atoms with Crippen LogP contribution in [0.4, 0.5) is 17.6 Å². The molecule has 1 aromatic carbocycles.